The normalized spacial score (nSPS) is 16.3. The van der Waals surface area contributed by atoms with E-state index in [1.165, 1.54) is 45.1 Å². The number of nitrogens with zero attached hydrogens (tertiary/aromatic N) is 6. The number of halogens is 2. The lowest BCUT2D eigenvalue weighted by atomic mass is 9.81. The van der Waals surface area contributed by atoms with Gasteiger partial charge in [0.2, 0.25) is 11.4 Å². The first kappa shape index (κ1) is 40.8. The van der Waals surface area contributed by atoms with Gasteiger partial charge in [0.1, 0.15) is 14.1 Å². The van der Waals surface area contributed by atoms with E-state index in [9.17, 15) is 0 Å². The molecule has 0 bridgehead atoms. The number of hydrogen-bond acceptors (Lipinski definition) is 4. The van der Waals surface area contributed by atoms with Gasteiger partial charge in [-0.05, 0) is 57.0 Å². The van der Waals surface area contributed by atoms with Crippen LogP contribution in [0.25, 0.3) is 6.08 Å². The van der Waals surface area contributed by atoms with Crippen LogP contribution in [-0.4, -0.2) is 65.5 Å². The highest BCUT2D eigenvalue weighted by atomic mass is 35.5. The fourth-order valence-corrected chi connectivity index (χ4v) is 7.54. The van der Waals surface area contributed by atoms with Crippen LogP contribution in [0, 0.1) is 11.3 Å². The van der Waals surface area contributed by atoms with Gasteiger partial charge in [-0.2, -0.15) is 19.5 Å². The minimum Gasteiger partial charge on any atom is -0.374 e. The zero-order valence-corrected chi connectivity index (χ0v) is 33.6. The van der Waals surface area contributed by atoms with Crippen molar-refractivity contribution in [1.29, 1.82) is 5.26 Å². The molecule has 0 fully saturated rings. The first-order chi connectivity index (χ1) is 24.5. The van der Waals surface area contributed by atoms with Crippen molar-refractivity contribution < 1.29 is 9.15 Å². The summed E-state index contributed by atoms with van der Waals surface area (Å²) in [5.74, 6) is 0. The van der Waals surface area contributed by atoms with Crippen LogP contribution < -0.4 is 4.90 Å². The molecule has 53 heavy (non-hydrogen) atoms. The van der Waals surface area contributed by atoms with Crippen molar-refractivity contribution >= 4 is 65.1 Å². The van der Waals surface area contributed by atoms with Gasteiger partial charge in [-0.3, -0.25) is 5.01 Å². The van der Waals surface area contributed by atoms with Gasteiger partial charge in [-0.25, -0.2) is 0 Å². The second-order valence-electron chi connectivity index (χ2n) is 14.6. The fraction of sp³-hybridized carbons (Fsp3) is 0.289. The molecule has 0 unspecified atom stereocenters. The second kappa shape index (κ2) is 17.2. The summed E-state index contributed by atoms with van der Waals surface area (Å²) in [6.45, 7) is 10.8. The molecule has 4 aromatic carbocycles. The molecular weight excluding hydrogens is 695 g/mol. The summed E-state index contributed by atoms with van der Waals surface area (Å²) in [6.07, 6.45) is 10.3. The number of nitriles is 1. The first-order valence-electron chi connectivity index (χ1n) is 17.9. The molecule has 0 spiro atoms. The molecule has 0 saturated heterocycles. The van der Waals surface area contributed by atoms with Crippen LogP contribution in [0.3, 0.4) is 0 Å². The monoisotopic (exact) mass is 746 g/mol. The molecule has 0 aromatic heterocycles. The Labute approximate surface area is 328 Å². The quantitative estimate of drug-likeness (QED) is 0.169. The maximum Gasteiger partial charge on any atom is 0.209 e. The largest absolute Gasteiger partial charge is 0.374 e. The van der Waals surface area contributed by atoms with Crippen LogP contribution in [0.4, 0.5) is 17.1 Å². The highest BCUT2D eigenvalue weighted by Gasteiger charge is 2.43. The van der Waals surface area contributed by atoms with Crippen LogP contribution in [0.15, 0.2) is 127 Å². The Morgan fingerprint density at radius 2 is 1.26 bits per heavy atom. The summed E-state index contributed by atoms with van der Waals surface area (Å²) in [5, 5.41) is 15.5. The van der Waals surface area contributed by atoms with E-state index < -0.39 is 0 Å². The molecule has 4 aromatic rings. The second-order valence-corrected chi connectivity index (χ2v) is 14.6. The minimum absolute atomic E-state index is 0. The summed E-state index contributed by atoms with van der Waals surface area (Å²) in [7, 11) is 6.31. The Balaban J connectivity index is 0.000000228. The fourth-order valence-electron chi connectivity index (χ4n) is 7.54. The van der Waals surface area contributed by atoms with Crippen LogP contribution in [-0.2, 0) is 10.8 Å². The third-order valence-corrected chi connectivity index (χ3v) is 10.5. The topological polar surface area (TPSA) is 48.6 Å². The number of hydrogen-bond donors (Lipinski definition) is 0. The van der Waals surface area contributed by atoms with Crippen LogP contribution in [0.5, 0.6) is 0 Å². The van der Waals surface area contributed by atoms with Gasteiger partial charge in [0.05, 0.1) is 29.0 Å². The number of para-hydroxylation sites is 2. The predicted molar refractivity (Wildman–Crippen MR) is 228 cm³/mol. The predicted octanol–water partition coefficient (Wildman–Crippen LogP) is 9.92. The standard InChI is InChI=1S/C23H26N3.C22H24N3.2ClH/c1-23(2)20-8-5-6-9-21(20)26(4)22(23)15-12-18-10-13-19(14-11-18)25(3)17-7-16-24;1-22(2)18-11-7-8-12-20(18)24(3)21(22)14-16-25-15-13-19(23-25)17-9-5-4-6-10-17;;/h5-6,8-15H,7,17H2,1-4H3;4-12,14,16H,13,15H2,1-3H3;2*1H/q2*+1;;. The van der Waals surface area contributed by atoms with Crippen molar-refractivity contribution in [3.05, 3.63) is 144 Å². The number of rotatable bonds is 8. The average Bonchev–Trinajstić information content (AvgIpc) is 3.76. The zero-order valence-electron chi connectivity index (χ0n) is 32.0. The highest BCUT2D eigenvalue weighted by Crippen LogP contribution is 2.40. The Kier molecular flexibility index (Phi) is 13.3. The van der Waals surface area contributed by atoms with Crippen molar-refractivity contribution in [3.63, 3.8) is 0 Å². The summed E-state index contributed by atoms with van der Waals surface area (Å²) in [6, 6.07) is 38.4. The lowest BCUT2D eigenvalue weighted by Crippen LogP contribution is -2.27. The Hall–Kier alpha value is -4.96. The number of allylic oxidation sites excluding steroid dienone is 2. The number of anilines is 1. The SMILES string of the molecule is CN(CCC#N)c1ccc(/C=C/C2=[N+](C)c3ccccc3C2(C)C)cc1.C[N+]1=C(/C=C/N2CCC(c3ccccc3)=N2)C(C)(C)c2ccccc21.Cl.Cl. The minimum atomic E-state index is -0.000698. The summed E-state index contributed by atoms with van der Waals surface area (Å²) in [5.41, 5.74) is 12.6. The molecule has 0 atom stereocenters. The van der Waals surface area contributed by atoms with E-state index in [1.54, 1.807) is 0 Å². The van der Waals surface area contributed by atoms with Gasteiger partial charge in [0, 0.05) is 73.9 Å². The van der Waals surface area contributed by atoms with E-state index in [0.717, 1.165) is 30.9 Å². The Bertz CT molecular complexity index is 2100. The van der Waals surface area contributed by atoms with Crippen molar-refractivity contribution in [3.8, 4) is 6.07 Å². The van der Waals surface area contributed by atoms with Crippen LogP contribution >= 0.6 is 24.8 Å². The summed E-state index contributed by atoms with van der Waals surface area (Å²) >= 11 is 0. The summed E-state index contributed by atoms with van der Waals surface area (Å²) in [4.78, 5) is 2.11. The lowest BCUT2D eigenvalue weighted by Gasteiger charge is -2.17. The van der Waals surface area contributed by atoms with Crippen molar-refractivity contribution in [2.75, 3.05) is 39.1 Å². The van der Waals surface area contributed by atoms with E-state index in [0.29, 0.717) is 6.42 Å². The van der Waals surface area contributed by atoms with Gasteiger partial charge in [-0.1, -0.05) is 78.9 Å². The zero-order chi connectivity index (χ0) is 36.2. The molecule has 0 amide bonds. The number of benzene rings is 4. The Morgan fingerprint density at radius 1 is 0.736 bits per heavy atom. The highest BCUT2D eigenvalue weighted by molar-refractivity contribution is 6.05. The molecule has 7 rings (SSSR count). The van der Waals surface area contributed by atoms with Gasteiger partial charge < -0.3 is 4.90 Å². The van der Waals surface area contributed by atoms with E-state index in [2.05, 4.69) is 188 Å². The smallest absolute Gasteiger partial charge is 0.209 e. The third kappa shape index (κ3) is 8.49. The lowest BCUT2D eigenvalue weighted by molar-refractivity contribution is -0.401. The number of hydrazone groups is 1. The maximum absolute atomic E-state index is 8.72. The molecule has 3 aliphatic heterocycles. The Morgan fingerprint density at radius 3 is 1.81 bits per heavy atom. The van der Waals surface area contributed by atoms with Crippen molar-refractivity contribution in [1.82, 2.24) is 5.01 Å². The first-order valence-corrected chi connectivity index (χ1v) is 17.9. The van der Waals surface area contributed by atoms with Gasteiger partial charge in [0.25, 0.3) is 0 Å². The molecule has 6 nitrogen and oxygen atoms in total. The molecule has 274 valence electrons. The van der Waals surface area contributed by atoms with E-state index in [4.69, 9.17) is 10.4 Å². The van der Waals surface area contributed by atoms with Gasteiger partial charge >= 0.3 is 0 Å². The van der Waals surface area contributed by atoms with Gasteiger partial charge in [0.15, 0.2) is 11.4 Å². The maximum atomic E-state index is 8.72. The van der Waals surface area contributed by atoms with Crippen LogP contribution in [0.1, 0.15) is 62.8 Å². The average molecular weight is 748 g/mol. The molecular formula is C45H52Cl2N6+2. The van der Waals surface area contributed by atoms with E-state index in [-0.39, 0.29) is 35.6 Å². The van der Waals surface area contributed by atoms with Gasteiger partial charge in [-0.15, -0.1) is 24.8 Å². The van der Waals surface area contributed by atoms with E-state index in [1.807, 2.05) is 13.1 Å². The molecule has 0 N–H and O–H groups in total. The van der Waals surface area contributed by atoms with E-state index >= 15 is 0 Å². The molecule has 0 radical (unpaired) electrons. The molecule has 0 saturated carbocycles. The van der Waals surface area contributed by atoms with Crippen molar-refractivity contribution in [2.45, 2.75) is 51.4 Å². The molecule has 8 heteroatoms. The number of fused-ring (bicyclic) bond motifs is 2. The van der Waals surface area contributed by atoms with Crippen molar-refractivity contribution in [2.24, 2.45) is 5.10 Å². The molecule has 0 aliphatic carbocycles. The molecule has 3 aliphatic rings. The summed E-state index contributed by atoms with van der Waals surface area (Å²) < 4.78 is 4.58. The third-order valence-electron chi connectivity index (χ3n) is 10.5. The molecule has 3 heterocycles. The van der Waals surface area contributed by atoms with Crippen LogP contribution in [0.2, 0.25) is 0 Å².